The van der Waals surface area contributed by atoms with Crippen LogP contribution in [0.25, 0.3) is 0 Å². The molecule has 1 aromatic rings. The number of nitrogens with zero attached hydrogens (tertiary/aromatic N) is 1. The van der Waals surface area contributed by atoms with Crippen LogP contribution in [0.3, 0.4) is 0 Å². The lowest BCUT2D eigenvalue weighted by molar-refractivity contribution is -0.129. The number of amides is 1. The van der Waals surface area contributed by atoms with Gasteiger partial charge in [-0.1, -0.05) is 12.1 Å². The fourth-order valence-corrected chi connectivity index (χ4v) is 2.14. The second kappa shape index (κ2) is 6.71. The minimum Gasteiger partial charge on any atom is -0.342 e. The highest BCUT2D eigenvalue weighted by Gasteiger charge is 2.24. The Kier molecular flexibility index (Phi) is 5.56. The molecule has 0 saturated carbocycles. The summed E-state index contributed by atoms with van der Waals surface area (Å²) in [5.41, 5.74) is 6.44. The van der Waals surface area contributed by atoms with Gasteiger partial charge in [0.15, 0.2) is 0 Å². The third kappa shape index (κ3) is 3.68. The van der Waals surface area contributed by atoms with Crippen molar-refractivity contribution < 1.29 is 9.18 Å². The van der Waals surface area contributed by atoms with E-state index in [0.29, 0.717) is 18.9 Å². The van der Waals surface area contributed by atoms with Crippen molar-refractivity contribution >= 4 is 18.3 Å². The zero-order valence-corrected chi connectivity index (χ0v) is 11.0. The molecule has 0 radical (unpaired) electrons. The van der Waals surface area contributed by atoms with E-state index in [1.54, 1.807) is 12.1 Å². The average Bonchev–Trinajstić information content (AvgIpc) is 2.81. The maximum Gasteiger partial charge on any atom is 0.226 e. The van der Waals surface area contributed by atoms with Crippen molar-refractivity contribution in [1.82, 2.24) is 4.90 Å². The molecule has 1 fully saturated rings. The van der Waals surface area contributed by atoms with E-state index in [9.17, 15) is 9.18 Å². The molecule has 2 rings (SSSR count). The number of nitrogens with two attached hydrogens (primary N) is 1. The molecule has 1 amide bonds. The predicted molar refractivity (Wildman–Crippen MR) is 71.1 cm³/mol. The van der Waals surface area contributed by atoms with Crippen LogP contribution in [0, 0.1) is 11.7 Å². The van der Waals surface area contributed by atoms with Gasteiger partial charge >= 0.3 is 0 Å². The smallest absolute Gasteiger partial charge is 0.226 e. The second-order valence-corrected chi connectivity index (χ2v) is 4.53. The molecule has 1 saturated heterocycles. The molecule has 1 aromatic carbocycles. The van der Waals surface area contributed by atoms with Crippen molar-refractivity contribution in [2.24, 2.45) is 11.7 Å². The zero-order chi connectivity index (χ0) is 12.3. The minimum absolute atomic E-state index is 0. The molecular formula is C13H18ClFN2O. The number of rotatable bonds is 3. The first-order valence-corrected chi connectivity index (χ1v) is 5.91. The second-order valence-electron chi connectivity index (χ2n) is 4.53. The van der Waals surface area contributed by atoms with Crippen LogP contribution in [0.5, 0.6) is 0 Å². The Balaban J connectivity index is 0.00000162. The Morgan fingerprint density at radius 1 is 1.39 bits per heavy atom. The summed E-state index contributed by atoms with van der Waals surface area (Å²) in [5, 5.41) is 0. The summed E-state index contributed by atoms with van der Waals surface area (Å²) in [6, 6.07) is 6.08. The van der Waals surface area contributed by atoms with Gasteiger partial charge in [-0.25, -0.2) is 4.39 Å². The van der Waals surface area contributed by atoms with Gasteiger partial charge in [0, 0.05) is 13.1 Å². The van der Waals surface area contributed by atoms with E-state index in [1.807, 2.05) is 4.90 Å². The SMILES string of the molecule is Cl.NCC1CCN(C(=O)Cc2ccc(F)cc2)C1. The molecule has 3 nitrogen and oxygen atoms in total. The van der Waals surface area contributed by atoms with E-state index in [0.717, 1.165) is 25.1 Å². The number of hydrogen-bond acceptors (Lipinski definition) is 2. The molecule has 18 heavy (non-hydrogen) atoms. The highest BCUT2D eigenvalue weighted by Crippen LogP contribution is 2.16. The van der Waals surface area contributed by atoms with Crippen LogP contribution < -0.4 is 5.73 Å². The van der Waals surface area contributed by atoms with Crippen molar-refractivity contribution in [3.8, 4) is 0 Å². The van der Waals surface area contributed by atoms with Gasteiger partial charge in [-0.15, -0.1) is 12.4 Å². The first-order valence-electron chi connectivity index (χ1n) is 5.91. The van der Waals surface area contributed by atoms with Crippen molar-refractivity contribution in [3.05, 3.63) is 35.6 Å². The maximum absolute atomic E-state index is 12.7. The number of carbonyl (C=O) groups excluding carboxylic acids is 1. The average molecular weight is 273 g/mol. The highest BCUT2D eigenvalue weighted by atomic mass is 35.5. The van der Waals surface area contributed by atoms with Crippen LogP contribution in [0.4, 0.5) is 4.39 Å². The van der Waals surface area contributed by atoms with Gasteiger partial charge < -0.3 is 10.6 Å². The number of halogens is 2. The van der Waals surface area contributed by atoms with E-state index in [2.05, 4.69) is 0 Å². The molecule has 1 heterocycles. The molecule has 0 aromatic heterocycles. The van der Waals surface area contributed by atoms with Crippen molar-refractivity contribution in [2.45, 2.75) is 12.8 Å². The summed E-state index contributed by atoms with van der Waals surface area (Å²) in [6.07, 6.45) is 1.34. The fourth-order valence-electron chi connectivity index (χ4n) is 2.14. The van der Waals surface area contributed by atoms with Crippen molar-refractivity contribution in [3.63, 3.8) is 0 Å². The van der Waals surface area contributed by atoms with Crippen LogP contribution in [0.2, 0.25) is 0 Å². The Hall–Kier alpha value is -1.13. The zero-order valence-electron chi connectivity index (χ0n) is 10.1. The minimum atomic E-state index is -0.273. The standard InChI is InChI=1S/C13H17FN2O.ClH/c14-12-3-1-10(2-4-12)7-13(17)16-6-5-11(8-15)9-16;/h1-4,11H,5-9,15H2;1H. The van der Waals surface area contributed by atoms with E-state index >= 15 is 0 Å². The Morgan fingerprint density at radius 2 is 2.06 bits per heavy atom. The Labute approximate surface area is 113 Å². The quantitative estimate of drug-likeness (QED) is 0.908. The first-order chi connectivity index (χ1) is 8.19. The van der Waals surface area contributed by atoms with Crippen LogP contribution in [0.1, 0.15) is 12.0 Å². The van der Waals surface area contributed by atoms with Gasteiger partial charge in [-0.3, -0.25) is 4.79 Å². The largest absolute Gasteiger partial charge is 0.342 e. The van der Waals surface area contributed by atoms with Gasteiger partial charge in [0.25, 0.3) is 0 Å². The molecule has 2 N–H and O–H groups in total. The van der Waals surface area contributed by atoms with E-state index in [1.165, 1.54) is 12.1 Å². The van der Waals surface area contributed by atoms with Crippen LogP contribution in [0.15, 0.2) is 24.3 Å². The van der Waals surface area contributed by atoms with Crippen molar-refractivity contribution in [1.29, 1.82) is 0 Å². The summed E-state index contributed by atoms with van der Waals surface area (Å²) in [6.45, 7) is 2.19. The summed E-state index contributed by atoms with van der Waals surface area (Å²) in [4.78, 5) is 13.8. The highest BCUT2D eigenvalue weighted by molar-refractivity contribution is 5.85. The van der Waals surface area contributed by atoms with Gasteiger partial charge in [0.2, 0.25) is 5.91 Å². The topological polar surface area (TPSA) is 46.3 Å². The Bertz CT molecular complexity index is 396. The molecule has 0 bridgehead atoms. The molecule has 1 unspecified atom stereocenters. The molecule has 5 heteroatoms. The van der Waals surface area contributed by atoms with Crippen molar-refractivity contribution in [2.75, 3.05) is 19.6 Å². The number of benzene rings is 1. The molecular weight excluding hydrogens is 255 g/mol. The van der Waals surface area contributed by atoms with E-state index in [4.69, 9.17) is 5.73 Å². The normalized spacial score (nSPS) is 18.6. The van der Waals surface area contributed by atoms with Gasteiger partial charge in [0.1, 0.15) is 5.82 Å². The lowest BCUT2D eigenvalue weighted by Gasteiger charge is -2.16. The summed E-state index contributed by atoms with van der Waals surface area (Å²) in [5.74, 6) is 0.269. The third-order valence-corrected chi connectivity index (χ3v) is 3.24. The summed E-state index contributed by atoms with van der Waals surface area (Å²) >= 11 is 0. The van der Waals surface area contributed by atoms with Gasteiger partial charge in [-0.05, 0) is 36.6 Å². The number of carbonyl (C=O) groups is 1. The molecule has 1 atom stereocenters. The lowest BCUT2D eigenvalue weighted by atomic mass is 10.1. The molecule has 1 aliphatic rings. The van der Waals surface area contributed by atoms with Gasteiger partial charge in [0.05, 0.1) is 6.42 Å². The molecule has 1 aliphatic heterocycles. The Morgan fingerprint density at radius 3 is 2.61 bits per heavy atom. The van der Waals surface area contributed by atoms with Gasteiger partial charge in [-0.2, -0.15) is 0 Å². The van der Waals surface area contributed by atoms with Crippen LogP contribution >= 0.6 is 12.4 Å². The summed E-state index contributed by atoms with van der Waals surface area (Å²) < 4.78 is 12.7. The molecule has 0 aliphatic carbocycles. The predicted octanol–water partition coefficient (Wildman–Crippen LogP) is 1.60. The lowest BCUT2D eigenvalue weighted by Crippen LogP contribution is -2.31. The van der Waals surface area contributed by atoms with Crippen LogP contribution in [-0.4, -0.2) is 30.4 Å². The molecule has 100 valence electrons. The summed E-state index contributed by atoms with van der Waals surface area (Å²) in [7, 11) is 0. The van der Waals surface area contributed by atoms with E-state index in [-0.39, 0.29) is 24.1 Å². The maximum atomic E-state index is 12.7. The number of likely N-dealkylation sites (tertiary alicyclic amines) is 1. The molecule has 0 spiro atoms. The van der Waals surface area contributed by atoms with Crippen LogP contribution in [-0.2, 0) is 11.2 Å². The van der Waals surface area contributed by atoms with E-state index < -0.39 is 0 Å². The first kappa shape index (κ1) is 14.9. The fraction of sp³-hybridized carbons (Fsp3) is 0.462. The monoisotopic (exact) mass is 272 g/mol. The third-order valence-electron chi connectivity index (χ3n) is 3.24. The number of hydrogen-bond donors (Lipinski definition) is 1.